The largest absolute Gasteiger partial charge is 0.457 e. The molecule has 0 aliphatic carbocycles. The van der Waals surface area contributed by atoms with E-state index in [1.54, 1.807) is 55.6 Å². The summed E-state index contributed by atoms with van der Waals surface area (Å²) in [6.45, 7) is 2.21. The second-order valence-corrected chi connectivity index (χ2v) is 10.5. The third-order valence-electron chi connectivity index (χ3n) is 6.19. The van der Waals surface area contributed by atoms with Crippen LogP contribution in [0.25, 0.3) is 0 Å². The first-order chi connectivity index (χ1) is 17.7. The molecule has 3 aromatic carbocycles. The summed E-state index contributed by atoms with van der Waals surface area (Å²) in [5.74, 6) is -0.161. The molecule has 0 saturated heterocycles. The van der Waals surface area contributed by atoms with Gasteiger partial charge in [0.2, 0.25) is 5.91 Å². The van der Waals surface area contributed by atoms with E-state index >= 15 is 0 Å². The van der Waals surface area contributed by atoms with E-state index in [9.17, 15) is 14.4 Å². The first kappa shape index (κ1) is 27.2. The quantitative estimate of drug-likeness (QED) is 0.240. The molecular weight excluding hydrogens is 579 g/mol. The summed E-state index contributed by atoms with van der Waals surface area (Å²) in [5, 5.41) is 0.780. The molecule has 0 aromatic heterocycles. The summed E-state index contributed by atoms with van der Waals surface area (Å²) in [7, 11) is 1.66. The highest BCUT2D eigenvalue weighted by Crippen LogP contribution is 2.33. The van der Waals surface area contributed by atoms with Gasteiger partial charge in [-0.05, 0) is 42.8 Å². The van der Waals surface area contributed by atoms with Crippen LogP contribution in [0.1, 0.15) is 52.5 Å². The number of carbonyl (C=O) groups excluding carboxylic acids is 3. The zero-order valence-corrected chi connectivity index (χ0v) is 23.4. The fourth-order valence-electron chi connectivity index (χ4n) is 4.26. The molecular formula is C28H25BrCl2N2O4. The standard InChI is InChI=1S/C28H25BrCl2N2O4/c1-3-4-9-24(33-26(34)20-7-5-6-8-21(20)27(33)35)28(36)32(2)16-17-10-11-18(29)14-25(17)37-19-12-13-22(30)23(31)15-19/h5-8,10-15,24H,3-4,9,16H2,1-2H3. The first-order valence-electron chi connectivity index (χ1n) is 11.8. The number of nitrogens with zero attached hydrogens (tertiary/aromatic N) is 2. The van der Waals surface area contributed by atoms with Gasteiger partial charge in [0, 0.05) is 29.7 Å². The Morgan fingerprint density at radius 1 is 1.00 bits per heavy atom. The maximum Gasteiger partial charge on any atom is 0.262 e. The molecule has 0 saturated carbocycles. The number of benzene rings is 3. The van der Waals surface area contributed by atoms with Crippen molar-refractivity contribution in [1.29, 1.82) is 0 Å². The van der Waals surface area contributed by atoms with Crippen molar-refractivity contribution in [1.82, 2.24) is 9.80 Å². The molecule has 1 aliphatic heterocycles. The number of hydrogen-bond donors (Lipinski definition) is 0. The first-order valence-corrected chi connectivity index (χ1v) is 13.4. The molecule has 0 spiro atoms. The third kappa shape index (κ3) is 5.84. The van der Waals surface area contributed by atoms with Gasteiger partial charge >= 0.3 is 0 Å². The summed E-state index contributed by atoms with van der Waals surface area (Å²) in [6.07, 6.45) is 1.91. The number of imide groups is 1. The Hall–Kier alpha value is -2.87. The van der Waals surface area contributed by atoms with E-state index in [1.165, 1.54) is 4.90 Å². The fourth-order valence-corrected chi connectivity index (χ4v) is 4.89. The monoisotopic (exact) mass is 602 g/mol. The van der Waals surface area contributed by atoms with Crippen molar-refractivity contribution in [3.63, 3.8) is 0 Å². The minimum Gasteiger partial charge on any atom is -0.457 e. The van der Waals surface area contributed by atoms with Crippen molar-refractivity contribution >= 4 is 56.9 Å². The Labute approximate surface area is 234 Å². The van der Waals surface area contributed by atoms with Crippen molar-refractivity contribution < 1.29 is 19.1 Å². The predicted molar refractivity (Wildman–Crippen MR) is 147 cm³/mol. The molecule has 4 rings (SSSR count). The molecule has 192 valence electrons. The van der Waals surface area contributed by atoms with Gasteiger partial charge in [-0.1, -0.05) is 77.1 Å². The lowest BCUT2D eigenvalue weighted by Crippen LogP contribution is -2.49. The maximum atomic E-state index is 13.7. The van der Waals surface area contributed by atoms with Crippen molar-refractivity contribution in [3.8, 4) is 11.5 Å². The van der Waals surface area contributed by atoms with E-state index in [2.05, 4.69) is 15.9 Å². The van der Waals surface area contributed by atoms with Crippen LogP contribution in [0.3, 0.4) is 0 Å². The van der Waals surface area contributed by atoms with E-state index in [0.29, 0.717) is 45.5 Å². The summed E-state index contributed by atoms with van der Waals surface area (Å²) in [6, 6.07) is 16.2. The van der Waals surface area contributed by atoms with Crippen molar-refractivity contribution in [2.24, 2.45) is 0 Å². The Morgan fingerprint density at radius 2 is 1.68 bits per heavy atom. The lowest BCUT2D eigenvalue weighted by molar-refractivity contribution is -0.135. The van der Waals surface area contributed by atoms with Gasteiger partial charge in [-0.15, -0.1) is 0 Å². The predicted octanol–water partition coefficient (Wildman–Crippen LogP) is 7.36. The van der Waals surface area contributed by atoms with Gasteiger partial charge in [-0.2, -0.15) is 0 Å². The molecule has 3 amide bonds. The molecule has 0 N–H and O–H groups in total. The molecule has 1 atom stereocenters. The average Bonchev–Trinajstić information content (AvgIpc) is 3.13. The summed E-state index contributed by atoms with van der Waals surface area (Å²) in [5.41, 5.74) is 1.39. The van der Waals surface area contributed by atoms with Gasteiger partial charge in [-0.25, -0.2) is 0 Å². The van der Waals surface area contributed by atoms with E-state index < -0.39 is 17.9 Å². The number of likely N-dealkylation sites (N-methyl/N-ethyl adjacent to an activating group) is 1. The summed E-state index contributed by atoms with van der Waals surface area (Å²) in [4.78, 5) is 42.6. The van der Waals surface area contributed by atoms with Gasteiger partial charge in [0.15, 0.2) is 0 Å². The minimum absolute atomic E-state index is 0.203. The lowest BCUT2D eigenvalue weighted by Gasteiger charge is -2.30. The molecule has 9 heteroatoms. The van der Waals surface area contributed by atoms with Crippen LogP contribution in [0, 0.1) is 0 Å². The van der Waals surface area contributed by atoms with E-state index in [-0.39, 0.29) is 12.5 Å². The number of amides is 3. The molecule has 1 aliphatic rings. The van der Waals surface area contributed by atoms with Crippen LogP contribution in [0.5, 0.6) is 11.5 Å². The van der Waals surface area contributed by atoms with Crippen LogP contribution in [-0.4, -0.2) is 40.6 Å². The smallest absolute Gasteiger partial charge is 0.262 e. The van der Waals surface area contributed by atoms with Gasteiger partial charge in [0.25, 0.3) is 11.8 Å². The maximum absolute atomic E-state index is 13.7. The number of carbonyl (C=O) groups is 3. The Balaban J connectivity index is 1.58. The summed E-state index contributed by atoms with van der Waals surface area (Å²) >= 11 is 15.6. The molecule has 1 unspecified atom stereocenters. The fraction of sp³-hybridized carbons (Fsp3) is 0.250. The molecule has 3 aromatic rings. The Kier molecular flexibility index (Phi) is 8.57. The van der Waals surface area contributed by atoms with Crippen molar-refractivity contribution in [2.75, 3.05) is 7.05 Å². The van der Waals surface area contributed by atoms with Gasteiger partial charge in [0.1, 0.15) is 17.5 Å². The van der Waals surface area contributed by atoms with Crippen molar-refractivity contribution in [3.05, 3.63) is 91.9 Å². The van der Waals surface area contributed by atoms with Crippen LogP contribution in [-0.2, 0) is 11.3 Å². The minimum atomic E-state index is -0.896. The average molecular weight is 604 g/mol. The highest BCUT2D eigenvalue weighted by Gasteiger charge is 2.43. The molecule has 0 fully saturated rings. The highest BCUT2D eigenvalue weighted by atomic mass is 79.9. The number of halogens is 3. The van der Waals surface area contributed by atoms with E-state index in [0.717, 1.165) is 21.4 Å². The Morgan fingerprint density at radius 3 is 2.30 bits per heavy atom. The number of rotatable bonds is 9. The van der Waals surface area contributed by atoms with E-state index in [4.69, 9.17) is 27.9 Å². The number of fused-ring (bicyclic) bond motifs is 1. The lowest BCUT2D eigenvalue weighted by atomic mass is 10.1. The highest BCUT2D eigenvalue weighted by molar-refractivity contribution is 9.10. The van der Waals surface area contributed by atoms with Crippen LogP contribution in [0.2, 0.25) is 10.0 Å². The Bertz CT molecular complexity index is 1330. The zero-order valence-electron chi connectivity index (χ0n) is 20.3. The number of ether oxygens (including phenoxy) is 1. The van der Waals surface area contributed by atoms with Crippen molar-refractivity contribution in [2.45, 2.75) is 38.8 Å². The third-order valence-corrected chi connectivity index (χ3v) is 7.42. The molecule has 1 heterocycles. The molecule has 6 nitrogen and oxygen atoms in total. The second-order valence-electron chi connectivity index (χ2n) is 8.81. The van der Waals surface area contributed by atoms with Crippen LogP contribution < -0.4 is 4.74 Å². The van der Waals surface area contributed by atoms with E-state index in [1.807, 2.05) is 19.1 Å². The second kappa shape index (κ2) is 11.7. The molecule has 0 radical (unpaired) electrons. The summed E-state index contributed by atoms with van der Waals surface area (Å²) < 4.78 is 6.88. The number of hydrogen-bond acceptors (Lipinski definition) is 4. The number of unbranched alkanes of at least 4 members (excludes halogenated alkanes) is 1. The van der Waals surface area contributed by atoms with Gasteiger partial charge < -0.3 is 9.64 Å². The van der Waals surface area contributed by atoms with Crippen LogP contribution >= 0.6 is 39.1 Å². The van der Waals surface area contributed by atoms with Gasteiger partial charge in [-0.3, -0.25) is 19.3 Å². The topological polar surface area (TPSA) is 66.9 Å². The molecule has 0 bridgehead atoms. The zero-order chi connectivity index (χ0) is 26.7. The SMILES string of the molecule is CCCCC(C(=O)N(C)Cc1ccc(Br)cc1Oc1ccc(Cl)c(Cl)c1)N1C(=O)c2ccccc2C1=O. The van der Waals surface area contributed by atoms with Gasteiger partial charge in [0.05, 0.1) is 21.2 Å². The molecule has 37 heavy (non-hydrogen) atoms. The normalized spacial score (nSPS) is 13.5. The van der Waals surface area contributed by atoms with Crippen LogP contribution in [0.15, 0.2) is 65.1 Å². The van der Waals surface area contributed by atoms with Crippen LogP contribution in [0.4, 0.5) is 0 Å².